The molecule has 0 saturated carbocycles. The van der Waals surface area contributed by atoms with E-state index in [0.717, 1.165) is 27.7 Å². The first-order valence-corrected chi connectivity index (χ1v) is 11.8. The number of aromatic nitrogens is 3. The van der Waals surface area contributed by atoms with Gasteiger partial charge in [-0.3, -0.25) is 9.97 Å². The Morgan fingerprint density at radius 3 is 1.89 bits per heavy atom. The van der Waals surface area contributed by atoms with Gasteiger partial charge in [0.2, 0.25) is 0 Å². The van der Waals surface area contributed by atoms with Crippen LogP contribution in [-0.4, -0.2) is 15.0 Å². The molecule has 0 unspecified atom stereocenters. The minimum absolute atomic E-state index is 0. The molecule has 0 amide bonds. The number of benzene rings is 5. The normalized spacial score (nSPS) is 10.5. The van der Waals surface area contributed by atoms with E-state index in [1.807, 2.05) is 97.3 Å². The van der Waals surface area contributed by atoms with Gasteiger partial charge >= 0.3 is 0 Å². The predicted octanol–water partition coefficient (Wildman–Crippen LogP) is 7.95. The Balaban J connectivity index is 0.000000151. The predicted molar refractivity (Wildman–Crippen MR) is 147 cm³/mol. The molecule has 0 bridgehead atoms. The Morgan fingerprint density at radius 1 is 0.514 bits per heavy atom. The minimum Gasteiger partial charge on any atom is -0.304 e. The standard InChI is InChI=1S/C18H11N2.C15H10N.Ir/c1-2-7-14(8-3-1)18-19-12-16-15-9-5-4-6-13(15)10-11-17(16)20-18;1-2-7-13(8-3-1)15-14-9-5-4-6-12(14)10-11-16-15;/h1-7,9-12H;1-7,9-11H;/q2*-1;. The van der Waals surface area contributed by atoms with Crippen molar-refractivity contribution in [3.8, 4) is 22.6 Å². The molecule has 3 nitrogen and oxygen atoms in total. The molecule has 179 valence electrons. The van der Waals surface area contributed by atoms with Crippen molar-refractivity contribution in [1.82, 2.24) is 15.0 Å². The smallest absolute Gasteiger partial charge is 0.0755 e. The Morgan fingerprint density at radius 2 is 1.16 bits per heavy atom. The molecule has 0 fully saturated rings. The van der Waals surface area contributed by atoms with Crippen molar-refractivity contribution in [2.24, 2.45) is 0 Å². The van der Waals surface area contributed by atoms with Gasteiger partial charge in [0.1, 0.15) is 0 Å². The molecule has 0 aliphatic carbocycles. The first-order chi connectivity index (χ1) is 17.9. The summed E-state index contributed by atoms with van der Waals surface area (Å²) in [4.78, 5) is 13.6. The molecular weight excluding hydrogens is 631 g/mol. The van der Waals surface area contributed by atoms with Crippen molar-refractivity contribution in [3.05, 3.63) is 140 Å². The monoisotopic (exact) mass is 652 g/mol. The number of hydrogen-bond donors (Lipinski definition) is 0. The van der Waals surface area contributed by atoms with Gasteiger partial charge in [-0.05, 0) is 39.4 Å². The van der Waals surface area contributed by atoms with Crippen LogP contribution in [0.4, 0.5) is 0 Å². The molecule has 2 heterocycles. The van der Waals surface area contributed by atoms with Crippen molar-refractivity contribution in [3.63, 3.8) is 0 Å². The van der Waals surface area contributed by atoms with Crippen LogP contribution in [-0.2, 0) is 20.1 Å². The first-order valence-electron chi connectivity index (χ1n) is 11.8. The van der Waals surface area contributed by atoms with E-state index < -0.39 is 0 Å². The second-order valence-electron chi connectivity index (χ2n) is 8.35. The molecule has 7 rings (SSSR count). The molecular formula is C33H21IrN3-2. The van der Waals surface area contributed by atoms with Crippen LogP contribution in [0.15, 0.2) is 128 Å². The quantitative estimate of drug-likeness (QED) is 0.141. The van der Waals surface area contributed by atoms with Gasteiger partial charge in [-0.2, -0.15) is 0 Å². The molecule has 7 aromatic rings. The summed E-state index contributed by atoms with van der Waals surface area (Å²) in [5.74, 6) is 0.716. The summed E-state index contributed by atoms with van der Waals surface area (Å²) in [5, 5.41) is 5.87. The maximum Gasteiger partial charge on any atom is 0.0755 e. The SMILES string of the molecule is [Ir].[c-]1ccccc1-c1ncc2c(ccc3ccccc32)n1.[c-]1ccccc1-c1nccc2ccccc12. The van der Waals surface area contributed by atoms with Gasteiger partial charge in [-0.15, -0.1) is 71.8 Å². The molecule has 0 N–H and O–H groups in total. The molecule has 37 heavy (non-hydrogen) atoms. The third-order valence-electron chi connectivity index (χ3n) is 6.08. The number of rotatable bonds is 2. The average molecular weight is 652 g/mol. The van der Waals surface area contributed by atoms with E-state index >= 15 is 0 Å². The van der Waals surface area contributed by atoms with Crippen LogP contribution in [0.25, 0.3) is 55.1 Å². The molecule has 0 aliphatic heterocycles. The van der Waals surface area contributed by atoms with E-state index in [1.165, 1.54) is 21.5 Å². The fourth-order valence-corrected chi connectivity index (χ4v) is 4.32. The van der Waals surface area contributed by atoms with Crippen molar-refractivity contribution >= 4 is 32.4 Å². The largest absolute Gasteiger partial charge is 0.304 e. The first kappa shape index (κ1) is 24.5. The van der Waals surface area contributed by atoms with E-state index in [9.17, 15) is 0 Å². The minimum atomic E-state index is 0. The van der Waals surface area contributed by atoms with E-state index in [0.29, 0.717) is 5.82 Å². The Hall–Kier alpha value is -4.24. The number of hydrogen-bond acceptors (Lipinski definition) is 3. The van der Waals surface area contributed by atoms with Gasteiger partial charge in [0.25, 0.3) is 0 Å². The Kier molecular flexibility index (Phi) is 7.41. The molecule has 0 atom stereocenters. The number of fused-ring (bicyclic) bond motifs is 4. The van der Waals surface area contributed by atoms with E-state index in [2.05, 4.69) is 57.4 Å². The summed E-state index contributed by atoms with van der Waals surface area (Å²) in [5.41, 5.74) is 3.92. The van der Waals surface area contributed by atoms with Crippen LogP contribution >= 0.6 is 0 Å². The molecule has 2 aromatic heterocycles. The fourth-order valence-electron chi connectivity index (χ4n) is 4.32. The van der Waals surface area contributed by atoms with E-state index in [4.69, 9.17) is 0 Å². The van der Waals surface area contributed by atoms with Crippen molar-refractivity contribution in [2.75, 3.05) is 0 Å². The Labute approximate surface area is 229 Å². The maximum atomic E-state index is 4.65. The van der Waals surface area contributed by atoms with Gasteiger partial charge in [0.05, 0.1) is 11.3 Å². The summed E-state index contributed by atoms with van der Waals surface area (Å²) in [6.07, 6.45) is 3.75. The molecule has 0 saturated heterocycles. The maximum absolute atomic E-state index is 4.65. The molecule has 4 heteroatoms. The third-order valence-corrected chi connectivity index (χ3v) is 6.08. The van der Waals surface area contributed by atoms with Crippen LogP contribution in [0.1, 0.15) is 0 Å². The molecule has 0 spiro atoms. The van der Waals surface area contributed by atoms with Crippen LogP contribution < -0.4 is 0 Å². The van der Waals surface area contributed by atoms with Gasteiger partial charge in [-0.1, -0.05) is 54.6 Å². The van der Waals surface area contributed by atoms with E-state index in [-0.39, 0.29) is 20.1 Å². The van der Waals surface area contributed by atoms with Crippen LogP contribution in [0.2, 0.25) is 0 Å². The molecule has 1 radical (unpaired) electrons. The number of nitrogens with zero attached hydrogens (tertiary/aromatic N) is 3. The van der Waals surface area contributed by atoms with Gasteiger partial charge in [0.15, 0.2) is 0 Å². The van der Waals surface area contributed by atoms with Crippen LogP contribution in [0, 0.1) is 12.1 Å². The van der Waals surface area contributed by atoms with Crippen LogP contribution in [0.5, 0.6) is 0 Å². The van der Waals surface area contributed by atoms with Gasteiger partial charge in [0, 0.05) is 37.9 Å². The third kappa shape index (κ3) is 5.17. The zero-order valence-electron chi connectivity index (χ0n) is 19.8. The summed E-state index contributed by atoms with van der Waals surface area (Å²) in [6.45, 7) is 0. The van der Waals surface area contributed by atoms with Gasteiger partial charge in [-0.25, -0.2) is 0 Å². The second kappa shape index (κ2) is 11.2. The summed E-state index contributed by atoms with van der Waals surface area (Å²) in [7, 11) is 0. The van der Waals surface area contributed by atoms with Crippen molar-refractivity contribution in [1.29, 1.82) is 0 Å². The fraction of sp³-hybridized carbons (Fsp3) is 0. The summed E-state index contributed by atoms with van der Waals surface area (Å²) in [6, 6.07) is 44.8. The topological polar surface area (TPSA) is 38.7 Å². The molecule has 5 aromatic carbocycles. The van der Waals surface area contributed by atoms with E-state index in [1.54, 1.807) is 0 Å². The van der Waals surface area contributed by atoms with Crippen molar-refractivity contribution in [2.45, 2.75) is 0 Å². The van der Waals surface area contributed by atoms with Crippen molar-refractivity contribution < 1.29 is 20.1 Å². The van der Waals surface area contributed by atoms with Crippen LogP contribution in [0.3, 0.4) is 0 Å². The zero-order chi connectivity index (χ0) is 24.2. The second-order valence-corrected chi connectivity index (χ2v) is 8.35. The zero-order valence-corrected chi connectivity index (χ0v) is 22.2. The Bertz CT molecular complexity index is 1780. The summed E-state index contributed by atoms with van der Waals surface area (Å²) < 4.78 is 0. The number of pyridine rings is 1. The summed E-state index contributed by atoms with van der Waals surface area (Å²) >= 11 is 0. The molecule has 0 aliphatic rings. The average Bonchev–Trinajstić information content (AvgIpc) is 2.98. The van der Waals surface area contributed by atoms with Gasteiger partial charge < -0.3 is 4.98 Å².